The van der Waals surface area contributed by atoms with Crippen LogP contribution in [0, 0.1) is 23.0 Å². The topological polar surface area (TPSA) is 48.7 Å². The molecule has 1 aromatic heterocycles. The molecule has 0 aliphatic rings. The van der Waals surface area contributed by atoms with Crippen LogP contribution >= 0.6 is 11.6 Å². The van der Waals surface area contributed by atoms with Gasteiger partial charge in [-0.05, 0) is 30.3 Å². The van der Waals surface area contributed by atoms with Crippen molar-refractivity contribution in [1.29, 1.82) is 5.26 Å². The third kappa shape index (κ3) is 3.39. The number of rotatable bonds is 3. The molecule has 0 spiro atoms. The van der Waals surface area contributed by atoms with Gasteiger partial charge in [-0.2, -0.15) is 5.26 Å². The first-order valence-electron chi connectivity index (χ1n) is 5.34. The van der Waals surface area contributed by atoms with E-state index in [1.54, 1.807) is 0 Å². The van der Waals surface area contributed by atoms with Crippen molar-refractivity contribution in [2.45, 2.75) is 6.54 Å². The van der Waals surface area contributed by atoms with Gasteiger partial charge >= 0.3 is 0 Å². The number of nitrogens with zero attached hydrogens (tertiary/aromatic N) is 2. The molecule has 2 aromatic rings. The number of benzene rings is 1. The first kappa shape index (κ1) is 13.2. The Kier molecular flexibility index (Phi) is 3.93. The second-order valence-electron chi connectivity index (χ2n) is 3.76. The van der Waals surface area contributed by atoms with Crippen LogP contribution in [0.15, 0.2) is 30.3 Å². The number of anilines is 1. The smallest absolute Gasteiger partial charge is 0.132 e. The molecule has 19 heavy (non-hydrogen) atoms. The van der Waals surface area contributed by atoms with E-state index in [2.05, 4.69) is 10.3 Å². The summed E-state index contributed by atoms with van der Waals surface area (Å²) in [5.41, 5.74) is 0.502. The van der Waals surface area contributed by atoms with E-state index in [0.717, 1.165) is 18.2 Å². The third-order valence-electron chi connectivity index (χ3n) is 2.39. The standard InChI is InChI=1S/C13H8ClF2N3/c14-12-3-8(6-17)4-13(19-12)18-7-9-5-10(15)1-2-11(9)16/h1-5H,7H2,(H,18,19). The molecular formula is C13H8ClF2N3. The molecule has 0 saturated carbocycles. The molecule has 0 amide bonds. The number of aromatic nitrogens is 1. The quantitative estimate of drug-likeness (QED) is 0.875. The summed E-state index contributed by atoms with van der Waals surface area (Å²) in [4.78, 5) is 3.94. The maximum Gasteiger partial charge on any atom is 0.132 e. The Morgan fingerprint density at radius 1 is 1.26 bits per heavy atom. The van der Waals surface area contributed by atoms with Crippen LogP contribution in [-0.2, 0) is 6.54 Å². The Bertz CT molecular complexity index is 653. The lowest BCUT2D eigenvalue weighted by atomic mass is 10.2. The molecule has 2 rings (SSSR count). The van der Waals surface area contributed by atoms with Gasteiger partial charge in [-0.3, -0.25) is 0 Å². The van der Waals surface area contributed by atoms with Crippen molar-refractivity contribution >= 4 is 17.4 Å². The molecule has 3 nitrogen and oxygen atoms in total. The molecule has 6 heteroatoms. The van der Waals surface area contributed by atoms with Crippen LogP contribution in [0.2, 0.25) is 5.15 Å². The Morgan fingerprint density at radius 3 is 2.79 bits per heavy atom. The van der Waals surface area contributed by atoms with Gasteiger partial charge in [-0.15, -0.1) is 0 Å². The number of hydrogen-bond acceptors (Lipinski definition) is 3. The van der Waals surface area contributed by atoms with Crippen LogP contribution in [0.25, 0.3) is 0 Å². The average Bonchev–Trinajstić information content (AvgIpc) is 2.39. The van der Waals surface area contributed by atoms with Gasteiger partial charge < -0.3 is 5.32 Å². The lowest BCUT2D eigenvalue weighted by Gasteiger charge is -2.07. The second kappa shape index (κ2) is 5.63. The fraction of sp³-hybridized carbons (Fsp3) is 0.0769. The summed E-state index contributed by atoms with van der Waals surface area (Å²) >= 11 is 5.73. The number of halogens is 3. The summed E-state index contributed by atoms with van der Waals surface area (Å²) in [7, 11) is 0. The van der Waals surface area contributed by atoms with Crippen LogP contribution in [0.1, 0.15) is 11.1 Å². The van der Waals surface area contributed by atoms with Crippen molar-refractivity contribution < 1.29 is 8.78 Å². The zero-order valence-corrected chi connectivity index (χ0v) is 10.4. The monoisotopic (exact) mass is 279 g/mol. The molecule has 0 radical (unpaired) electrons. The van der Waals surface area contributed by atoms with Crippen LogP contribution in [0.4, 0.5) is 14.6 Å². The van der Waals surface area contributed by atoms with E-state index >= 15 is 0 Å². The molecule has 1 aromatic carbocycles. The zero-order chi connectivity index (χ0) is 13.8. The van der Waals surface area contributed by atoms with E-state index in [0.29, 0.717) is 11.4 Å². The van der Waals surface area contributed by atoms with Gasteiger partial charge in [0.05, 0.1) is 11.6 Å². The minimum atomic E-state index is -0.519. The SMILES string of the molecule is N#Cc1cc(Cl)nc(NCc2cc(F)ccc2F)c1. The molecule has 0 atom stereocenters. The number of nitrogens with one attached hydrogen (secondary N) is 1. The highest BCUT2D eigenvalue weighted by Gasteiger charge is 2.05. The summed E-state index contributed by atoms with van der Waals surface area (Å²) in [5.74, 6) is -0.709. The maximum absolute atomic E-state index is 13.4. The van der Waals surface area contributed by atoms with Crippen LogP contribution in [-0.4, -0.2) is 4.98 Å². The maximum atomic E-state index is 13.4. The predicted octanol–water partition coefficient (Wildman–Crippen LogP) is 3.50. The second-order valence-corrected chi connectivity index (χ2v) is 4.15. The molecule has 0 fully saturated rings. The molecule has 0 aliphatic carbocycles. The molecule has 1 N–H and O–H groups in total. The Hall–Kier alpha value is -2.19. The molecule has 0 bridgehead atoms. The van der Waals surface area contributed by atoms with Crippen molar-refractivity contribution in [2.24, 2.45) is 0 Å². The summed E-state index contributed by atoms with van der Waals surface area (Å²) in [6, 6.07) is 8.01. The lowest BCUT2D eigenvalue weighted by Crippen LogP contribution is -2.04. The van der Waals surface area contributed by atoms with E-state index in [1.165, 1.54) is 12.1 Å². The molecule has 0 aliphatic heterocycles. The summed E-state index contributed by atoms with van der Waals surface area (Å²) in [6.07, 6.45) is 0. The van der Waals surface area contributed by atoms with Gasteiger partial charge in [0, 0.05) is 12.1 Å². The van der Waals surface area contributed by atoms with Crippen molar-refractivity contribution in [3.63, 3.8) is 0 Å². The number of pyridine rings is 1. The lowest BCUT2D eigenvalue weighted by molar-refractivity contribution is 0.587. The van der Waals surface area contributed by atoms with Gasteiger partial charge in [-0.1, -0.05) is 11.6 Å². The van der Waals surface area contributed by atoms with E-state index in [4.69, 9.17) is 16.9 Å². The van der Waals surface area contributed by atoms with Crippen molar-refractivity contribution in [3.05, 3.63) is 58.2 Å². The molecule has 96 valence electrons. The first-order chi connectivity index (χ1) is 9.08. The van der Waals surface area contributed by atoms with E-state index in [-0.39, 0.29) is 17.3 Å². The molecule has 1 heterocycles. The number of nitriles is 1. The first-order valence-corrected chi connectivity index (χ1v) is 5.72. The summed E-state index contributed by atoms with van der Waals surface area (Å²) in [6.45, 7) is 0.0435. The van der Waals surface area contributed by atoms with Crippen LogP contribution in [0.5, 0.6) is 0 Å². The summed E-state index contributed by atoms with van der Waals surface area (Å²) in [5, 5.41) is 11.7. The van der Waals surface area contributed by atoms with Gasteiger partial charge in [0.2, 0.25) is 0 Å². The van der Waals surface area contributed by atoms with Gasteiger partial charge in [0.15, 0.2) is 0 Å². The Labute approximate surface area is 113 Å². The number of hydrogen-bond donors (Lipinski definition) is 1. The minimum Gasteiger partial charge on any atom is -0.366 e. The van der Waals surface area contributed by atoms with Gasteiger partial charge in [0.25, 0.3) is 0 Å². The fourth-order valence-corrected chi connectivity index (χ4v) is 1.73. The highest BCUT2D eigenvalue weighted by atomic mass is 35.5. The highest BCUT2D eigenvalue weighted by molar-refractivity contribution is 6.29. The van der Waals surface area contributed by atoms with Crippen molar-refractivity contribution in [1.82, 2.24) is 4.98 Å². The van der Waals surface area contributed by atoms with Gasteiger partial charge in [-0.25, -0.2) is 13.8 Å². The third-order valence-corrected chi connectivity index (χ3v) is 2.58. The largest absolute Gasteiger partial charge is 0.366 e. The van der Waals surface area contributed by atoms with Crippen molar-refractivity contribution in [3.8, 4) is 6.07 Å². The van der Waals surface area contributed by atoms with E-state index in [1.807, 2.05) is 6.07 Å². The van der Waals surface area contributed by atoms with E-state index in [9.17, 15) is 8.78 Å². The van der Waals surface area contributed by atoms with Gasteiger partial charge in [0.1, 0.15) is 22.6 Å². The molecule has 0 saturated heterocycles. The highest BCUT2D eigenvalue weighted by Crippen LogP contribution is 2.16. The predicted molar refractivity (Wildman–Crippen MR) is 67.6 cm³/mol. The average molecular weight is 280 g/mol. The molecule has 0 unspecified atom stereocenters. The fourth-order valence-electron chi connectivity index (χ4n) is 1.52. The van der Waals surface area contributed by atoms with E-state index < -0.39 is 11.6 Å². The zero-order valence-electron chi connectivity index (χ0n) is 9.62. The van der Waals surface area contributed by atoms with Crippen LogP contribution in [0.3, 0.4) is 0 Å². The Morgan fingerprint density at radius 2 is 2.05 bits per heavy atom. The van der Waals surface area contributed by atoms with Crippen molar-refractivity contribution in [2.75, 3.05) is 5.32 Å². The molecular weight excluding hydrogens is 272 g/mol. The van der Waals surface area contributed by atoms with Crippen LogP contribution < -0.4 is 5.32 Å². The summed E-state index contributed by atoms with van der Waals surface area (Å²) < 4.78 is 26.4. The minimum absolute atomic E-state index is 0.0435. The normalized spacial score (nSPS) is 10.0. The Balaban J connectivity index is 2.17.